The normalized spacial score (nSPS) is 22.9. The molecule has 2 bridgehead atoms. The van der Waals surface area contributed by atoms with Gasteiger partial charge in [-0.05, 0) is 49.9 Å². The van der Waals surface area contributed by atoms with Crippen LogP contribution >= 0.6 is 24.8 Å². The zero-order valence-corrected chi connectivity index (χ0v) is 16.3. The van der Waals surface area contributed by atoms with E-state index in [0.717, 1.165) is 12.8 Å². The number of anilines is 2. The number of carbonyl (C=O) groups is 1. The molecule has 146 valence electrons. The van der Waals surface area contributed by atoms with Gasteiger partial charge >= 0.3 is 0 Å². The van der Waals surface area contributed by atoms with Gasteiger partial charge in [0, 0.05) is 24.3 Å². The number of amides is 1. The number of halogens is 3. The minimum absolute atomic E-state index is 0. The number of nitrogens with zero attached hydrogens (tertiary/aromatic N) is 1. The third-order valence-corrected chi connectivity index (χ3v) is 4.99. The van der Waals surface area contributed by atoms with Gasteiger partial charge in [0.15, 0.2) is 0 Å². The molecule has 2 aliphatic heterocycles. The topological polar surface area (TPSA) is 66.0 Å². The van der Waals surface area contributed by atoms with Gasteiger partial charge in [0.25, 0.3) is 5.91 Å². The average Bonchev–Trinajstić information content (AvgIpc) is 2.96. The summed E-state index contributed by atoms with van der Waals surface area (Å²) >= 11 is 0. The number of fused-ring (bicyclic) bond motifs is 2. The molecule has 4 rings (SSSR count). The van der Waals surface area contributed by atoms with E-state index < -0.39 is 0 Å². The summed E-state index contributed by atoms with van der Waals surface area (Å²) in [5.74, 6) is -0.185. The molecule has 2 atom stereocenters. The van der Waals surface area contributed by atoms with Gasteiger partial charge in [-0.3, -0.25) is 4.79 Å². The summed E-state index contributed by atoms with van der Waals surface area (Å²) in [6, 6.07) is 11.0. The van der Waals surface area contributed by atoms with Crippen molar-refractivity contribution in [2.24, 2.45) is 0 Å². The predicted molar refractivity (Wildman–Crippen MR) is 109 cm³/mol. The third-order valence-electron chi connectivity index (χ3n) is 4.99. The number of hydrogen-bond acceptors (Lipinski definition) is 4. The first-order valence-corrected chi connectivity index (χ1v) is 8.72. The van der Waals surface area contributed by atoms with Gasteiger partial charge in [0.2, 0.25) is 0 Å². The van der Waals surface area contributed by atoms with E-state index in [9.17, 15) is 9.18 Å². The van der Waals surface area contributed by atoms with Crippen molar-refractivity contribution in [1.82, 2.24) is 15.6 Å². The molecule has 3 N–H and O–H groups in total. The number of carbonyl (C=O) groups excluding carboxylic acids is 1. The average molecular weight is 413 g/mol. The second-order valence-electron chi connectivity index (χ2n) is 6.78. The van der Waals surface area contributed by atoms with Crippen LogP contribution < -0.4 is 16.0 Å². The minimum Gasteiger partial charge on any atom is -0.349 e. The number of rotatable bonds is 4. The fraction of sp³-hybridized carbons (Fsp3) is 0.368. The lowest BCUT2D eigenvalue weighted by atomic mass is 9.99. The van der Waals surface area contributed by atoms with Crippen LogP contribution in [0.4, 0.5) is 15.9 Å². The Kier molecular flexibility index (Phi) is 7.41. The number of pyridine rings is 1. The first kappa shape index (κ1) is 21.4. The first-order valence-electron chi connectivity index (χ1n) is 8.72. The lowest BCUT2D eigenvalue weighted by Gasteiger charge is -2.29. The molecule has 1 aromatic heterocycles. The smallest absolute Gasteiger partial charge is 0.255 e. The van der Waals surface area contributed by atoms with Crippen molar-refractivity contribution >= 4 is 42.2 Å². The van der Waals surface area contributed by atoms with Crippen molar-refractivity contribution in [1.29, 1.82) is 0 Å². The van der Waals surface area contributed by atoms with Crippen molar-refractivity contribution in [3.8, 4) is 0 Å². The summed E-state index contributed by atoms with van der Waals surface area (Å²) in [7, 11) is 0. The standard InChI is InChI=1S/C19H21FN4O.2ClH/c20-16-5-1-2-6-17(16)24-18-15(4-3-9-21-18)19(25)23-14-10-12-7-8-13(11-14)22-12;;/h1-6,9,12-14,22H,7-8,10-11H2,(H,21,24)(H,23,25);2*1H. The van der Waals surface area contributed by atoms with Gasteiger partial charge in [-0.15, -0.1) is 24.8 Å². The maximum Gasteiger partial charge on any atom is 0.255 e. The zero-order chi connectivity index (χ0) is 17.2. The quantitative estimate of drug-likeness (QED) is 0.713. The molecule has 0 saturated carbocycles. The molecule has 2 saturated heterocycles. The Bertz CT molecular complexity index is 780. The summed E-state index contributed by atoms with van der Waals surface area (Å²) < 4.78 is 13.9. The molecule has 1 aromatic carbocycles. The van der Waals surface area contributed by atoms with Gasteiger partial charge in [-0.25, -0.2) is 9.37 Å². The van der Waals surface area contributed by atoms with Crippen LogP contribution in [0.3, 0.4) is 0 Å². The molecular formula is C19H23Cl2FN4O. The van der Waals surface area contributed by atoms with Crippen LogP contribution in [-0.2, 0) is 0 Å². The van der Waals surface area contributed by atoms with E-state index in [-0.39, 0.29) is 42.6 Å². The first-order chi connectivity index (χ1) is 12.2. The van der Waals surface area contributed by atoms with Crippen LogP contribution in [0.15, 0.2) is 42.6 Å². The van der Waals surface area contributed by atoms with Crippen molar-refractivity contribution in [2.75, 3.05) is 5.32 Å². The van der Waals surface area contributed by atoms with E-state index in [2.05, 4.69) is 20.9 Å². The van der Waals surface area contributed by atoms with E-state index >= 15 is 0 Å². The number of benzene rings is 1. The monoisotopic (exact) mass is 412 g/mol. The van der Waals surface area contributed by atoms with Gasteiger partial charge in [0.05, 0.1) is 11.3 Å². The van der Waals surface area contributed by atoms with Gasteiger partial charge in [-0.1, -0.05) is 12.1 Å². The maximum atomic E-state index is 13.9. The highest BCUT2D eigenvalue weighted by atomic mass is 35.5. The summed E-state index contributed by atoms with van der Waals surface area (Å²) in [4.78, 5) is 17.0. The van der Waals surface area contributed by atoms with Crippen LogP contribution in [-0.4, -0.2) is 29.0 Å². The summed E-state index contributed by atoms with van der Waals surface area (Å²) in [5, 5.41) is 9.62. The largest absolute Gasteiger partial charge is 0.349 e. The van der Waals surface area contributed by atoms with Crippen molar-refractivity contribution in [2.45, 2.75) is 43.8 Å². The van der Waals surface area contributed by atoms with Crippen LogP contribution in [0.25, 0.3) is 0 Å². The Morgan fingerprint density at radius 1 is 1.07 bits per heavy atom. The molecule has 5 nitrogen and oxygen atoms in total. The second kappa shape index (κ2) is 9.35. The molecule has 0 spiro atoms. The van der Waals surface area contributed by atoms with Gasteiger partial charge < -0.3 is 16.0 Å². The zero-order valence-electron chi connectivity index (χ0n) is 14.7. The molecular weight excluding hydrogens is 390 g/mol. The fourth-order valence-electron chi connectivity index (χ4n) is 3.82. The summed E-state index contributed by atoms with van der Waals surface area (Å²) in [5.41, 5.74) is 0.729. The van der Waals surface area contributed by atoms with E-state index in [1.165, 1.54) is 18.9 Å². The highest BCUT2D eigenvalue weighted by Gasteiger charge is 2.34. The lowest BCUT2D eigenvalue weighted by molar-refractivity contribution is 0.0924. The number of para-hydroxylation sites is 1. The predicted octanol–water partition coefficient (Wildman–Crippen LogP) is 3.82. The minimum atomic E-state index is -0.380. The van der Waals surface area contributed by atoms with Crippen molar-refractivity contribution in [3.63, 3.8) is 0 Å². The Hall–Kier alpha value is -1.89. The molecule has 2 unspecified atom stereocenters. The highest BCUT2D eigenvalue weighted by molar-refractivity contribution is 5.99. The van der Waals surface area contributed by atoms with E-state index in [0.29, 0.717) is 29.2 Å². The number of hydrogen-bond donors (Lipinski definition) is 3. The number of nitrogens with one attached hydrogen (secondary N) is 3. The van der Waals surface area contributed by atoms with Crippen molar-refractivity contribution in [3.05, 3.63) is 54.0 Å². The Labute approximate surface area is 170 Å². The third kappa shape index (κ3) is 4.89. The molecule has 0 radical (unpaired) electrons. The Morgan fingerprint density at radius 3 is 2.48 bits per heavy atom. The molecule has 2 fully saturated rings. The SMILES string of the molecule is Cl.Cl.O=C(NC1CC2CCC(C1)N2)c1cccnc1Nc1ccccc1F. The van der Waals surface area contributed by atoms with Crippen molar-refractivity contribution < 1.29 is 9.18 Å². The fourth-order valence-corrected chi connectivity index (χ4v) is 3.82. The second-order valence-corrected chi connectivity index (χ2v) is 6.78. The van der Waals surface area contributed by atoms with E-state index in [1.54, 1.807) is 36.5 Å². The van der Waals surface area contributed by atoms with Gasteiger partial charge in [-0.2, -0.15) is 0 Å². The molecule has 2 aromatic rings. The molecule has 3 heterocycles. The number of aromatic nitrogens is 1. The Balaban J connectivity index is 0.00000131. The molecule has 1 amide bonds. The number of piperidine rings is 1. The highest BCUT2D eigenvalue weighted by Crippen LogP contribution is 2.27. The lowest BCUT2D eigenvalue weighted by Crippen LogP contribution is -2.48. The Morgan fingerprint density at radius 2 is 1.78 bits per heavy atom. The summed E-state index contributed by atoms with van der Waals surface area (Å²) in [6.45, 7) is 0. The van der Waals surface area contributed by atoms with Gasteiger partial charge in [0.1, 0.15) is 11.6 Å². The van der Waals surface area contributed by atoms with Crippen LogP contribution in [0.2, 0.25) is 0 Å². The van der Waals surface area contributed by atoms with Crippen LogP contribution in [0, 0.1) is 5.82 Å². The molecule has 8 heteroatoms. The van der Waals surface area contributed by atoms with E-state index in [4.69, 9.17) is 0 Å². The molecule has 27 heavy (non-hydrogen) atoms. The molecule has 0 aliphatic carbocycles. The summed E-state index contributed by atoms with van der Waals surface area (Å²) in [6.07, 6.45) is 5.87. The maximum absolute atomic E-state index is 13.9. The van der Waals surface area contributed by atoms with Crippen LogP contribution in [0.1, 0.15) is 36.0 Å². The molecule has 2 aliphatic rings. The van der Waals surface area contributed by atoms with Crippen LogP contribution in [0.5, 0.6) is 0 Å². The van der Waals surface area contributed by atoms with E-state index in [1.807, 2.05) is 0 Å².